The molecule has 0 bridgehead atoms. The molecule has 230 valence electrons. The van der Waals surface area contributed by atoms with Crippen molar-refractivity contribution in [3.63, 3.8) is 0 Å². The number of rotatable bonds is 13. The molecule has 1 aliphatic rings. The van der Waals surface area contributed by atoms with E-state index in [2.05, 4.69) is 15.1 Å². The first kappa shape index (κ1) is 33.1. The maximum atomic E-state index is 14.0. The summed E-state index contributed by atoms with van der Waals surface area (Å²) in [7, 11) is -4.10. The fourth-order valence-electron chi connectivity index (χ4n) is 3.70. The van der Waals surface area contributed by atoms with Gasteiger partial charge in [-0.3, -0.25) is 18.9 Å². The Labute approximate surface area is 244 Å². The van der Waals surface area contributed by atoms with E-state index < -0.39 is 61.6 Å². The lowest BCUT2D eigenvalue weighted by Gasteiger charge is -2.25. The fraction of sp³-hybridized carbons (Fsp3) is 0.542. The number of azide groups is 1. The molecule has 15 nitrogen and oxygen atoms in total. The van der Waals surface area contributed by atoms with Crippen LogP contribution in [-0.4, -0.2) is 53.2 Å². The highest BCUT2D eigenvalue weighted by Crippen LogP contribution is 2.45. The number of nitrogens with zero attached hydrogens (tertiary/aromatic N) is 4. The van der Waals surface area contributed by atoms with Crippen LogP contribution in [0.1, 0.15) is 46.3 Å². The molecule has 18 heteroatoms. The highest BCUT2D eigenvalue weighted by atomic mass is 35.5. The lowest BCUT2D eigenvalue weighted by atomic mass is 10.2. The number of benzene rings is 1. The van der Waals surface area contributed by atoms with Gasteiger partial charge in [0.2, 0.25) is 5.82 Å². The van der Waals surface area contributed by atoms with Crippen LogP contribution in [0.15, 0.2) is 45.2 Å². The molecule has 0 spiro atoms. The second-order valence-electron chi connectivity index (χ2n) is 10.0. The van der Waals surface area contributed by atoms with E-state index in [-0.39, 0.29) is 25.3 Å². The smallest absolute Gasteiger partial charge is 0.429 e. The van der Waals surface area contributed by atoms with Gasteiger partial charge in [0, 0.05) is 29.4 Å². The zero-order valence-corrected chi connectivity index (χ0v) is 24.7. The molecule has 2 aromatic rings. The lowest BCUT2D eigenvalue weighted by Crippen LogP contribution is -2.34. The average molecular weight is 633 g/mol. The van der Waals surface area contributed by atoms with Gasteiger partial charge in [-0.1, -0.05) is 16.7 Å². The molecule has 2 N–H and O–H groups in total. The molecule has 0 saturated carbocycles. The minimum absolute atomic E-state index is 0.157. The predicted octanol–water partition coefficient (Wildman–Crippen LogP) is 4.82. The Balaban J connectivity index is 1.80. The molecule has 2 heterocycles. The number of hydrogen-bond acceptors (Lipinski definition) is 10. The first-order valence-corrected chi connectivity index (χ1v) is 14.7. The van der Waals surface area contributed by atoms with Gasteiger partial charge in [-0.25, -0.2) is 19.2 Å². The topological polar surface area (TPSA) is 196 Å². The molecule has 0 amide bonds. The largest absolute Gasteiger partial charge is 0.509 e. The zero-order valence-electron chi connectivity index (χ0n) is 23.0. The van der Waals surface area contributed by atoms with Gasteiger partial charge in [-0.2, -0.15) is 4.39 Å². The molecule has 1 saturated heterocycles. The maximum Gasteiger partial charge on any atom is 0.509 e. The van der Waals surface area contributed by atoms with Gasteiger partial charge in [0.15, 0.2) is 0 Å². The molecule has 1 aromatic heterocycles. The van der Waals surface area contributed by atoms with Crippen LogP contribution >= 0.6 is 19.3 Å². The summed E-state index contributed by atoms with van der Waals surface area (Å²) >= 11 is 5.92. The highest BCUT2D eigenvalue weighted by molar-refractivity contribution is 7.52. The minimum Gasteiger partial charge on any atom is -0.429 e. The highest BCUT2D eigenvalue weighted by Gasteiger charge is 2.42. The molecule has 1 aliphatic heterocycles. The second kappa shape index (κ2) is 14.7. The summed E-state index contributed by atoms with van der Waals surface area (Å²) in [5.41, 5.74) is 5.37. The third-order valence-corrected chi connectivity index (χ3v) is 7.36. The Bertz CT molecular complexity index is 1440. The van der Waals surface area contributed by atoms with Gasteiger partial charge in [-0.15, -0.1) is 0 Å². The third kappa shape index (κ3) is 10.2. The van der Waals surface area contributed by atoms with Crippen LogP contribution in [0.3, 0.4) is 0 Å². The molecule has 0 aliphatic carbocycles. The van der Waals surface area contributed by atoms with Gasteiger partial charge in [0.05, 0.1) is 12.8 Å². The van der Waals surface area contributed by atoms with E-state index >= 15 is 0 Å². The summed E-state index contributed by atoms with van der Waals surface area (Å²) in [6, 6.07) is 6.01. The molecule has 3 rings (SSSR count). The molecule has 4 atom stereocenters. The number of carbonyl (C=O) groups is 1. The van der Waals surface area contributed by atoms with Crippen LogP contribution < -0.4 is 20.9 Å². The number of halogens is 2. The van der Waals surface area contributed by atoms with Crippen molar-refractivity contribution in [3.05, 3.63) is 72.6 Å². The van der Waals surface area contributed by atoms with Gasteiger partial charge >= 0.3 is 19.6 Å². The van der Waals surface area contributed by atoms with E-state index in [0.29, 0.717) is 24.1 Å². The van der Waals surface area contributed by atoms with Crippen LogP contribution in [0.25, 0.3) is 10.4 Å². The van der Waals surface area contributed by atoms with E-state index in [1.165, 1.54) is 24.3 Å². The van der Waals surface area contributed by atoms with E-state index in [9.17, 15) is 23.3 Å². The van der Waals surface area contributed by atoms with Gasteiger partial charge < -0.3 is 18.7 Å². The van der Waals surface area contributed by atoms with Crippen molar-refractivity contribution in [1.82, 2.24) is 14.6 Å². The van der Waals surface area contributed by atoms with Crippen molar-refractivity contribution in [1.29, 1.82) is 0 Å². The zero-order chi connectivity index (χ0) is 30.9. The second-order valence-corrected chi connectivity index (χ2v) is 12.2. The molecule has 0 radical (unpaired) electrons. The van der Waals surface area contributed by atoms with E-state index in [4.69, 9.17) is 40.4 Å². The summed E-state index contributed by atoms with van der Waals surface area (Å²) in [6.45, 7) is 4.83. The van der Waals surface area contributed by atoms with Gasteiger partial charge in [0.1, 0.15) is 29.8 Å². The average Bonchev–Trinajstić information content (AvgIpc) is 3.29. The summed E-state index contributed by atoms with van der Waals surface area (Å²) < 4.78 is 56.3. The van der Waals surface area contributed by atoms with E-state index in [0.717, 1.165) is 4.57 Å². The number of H-pyrrole nitrogens is 1. The number of aromatic amines is 1. The minimum atomic E-state index is -4.10. The molecular weight excluding hydrogens is 602 g/mol. The first-order valence-electron chi connectivity index (χ1n) is 12.8. The molecule has 42 heavy (non-hydrogen) atoms. The maximum absolute atomic E-state index is 14.0. The van der Waals surface area contributed by atoms with E-state index in [1.54, 1.807) is 20.8 Å². The first-order chi connectivity index (χ1) is 19.8. The summed E-state index contributed by atoms with van der Waals surface area (Å²) in [6.07, 6.45) is -2.97. The summed E-state index contributed by atoms with van der Waals surface area (Å²) in [5, 5.41) is 6.59. The van der Waals surface area contributed by atoms with Gasteiger partial charge in [-0.05, 0) is 63.4 Å². The summed E-state index contributed by atoms with van der Waals surface area (Å²) in [5.74, 6) is -1.06. The number of ether oxygens (including phenoxy) is 3. The number of aromatic nitrogens is 2. The Morgan fingerprint density at radius 1 is 1.31 bits per heavy atom. The monoisotopic (exact) mass is 632 g/mol. The standard InChI is InChI=1S/C24H31ClFN6O9P/c1-24(2,3)40-23(35)39-18-12-20(32-13-17(26)21(33)30-22(32)34)38-19(18)14-37-42(36,29-11-5-4-10-28-31-27)41-16-8-6-15(25)7-9-16/h6-9,13,18-20H,4-5,10-12,14H2,1-3H3,(H,29,36)(H,30,33,34)/t18-,19+,20+,42?/m0/s1. The Morgan fingerprint density at radius 3 is 2.69 bits per heavy atom. The van der Waals surface area contributed by atoms with Crippen molar-refractivity contribution in [2.75, 3.05) is 19.7 Å². The van der Waals surface area contributed by atoms with Crippen LogP contribution in [0.4, 0.5) is 9.18 Å². The molecule has 1 fully saturated rings. The van der Waals surface area contributed by atoms with Gasteiger partial charge in [0.25, 0.3) is 5.56 Å². The molecule has 1 aromatic carbocycles. The third-order valence-electron chi connectivity index (χ3n) is 5.55. The number of hydrogen-bond donors (Lipinski definition) is 2. The van der Waals surface area contributed by atoms with E-state index in [1.807, 2.05) is 4.98 Å². The van der Waals surface area contributed by atoms with Crippen LogP contribution in [-0.2, 0) is 23.3 Å². The number of nitrogens with one attached hydrogen (secondary N) is 2. The van der Waals surface area contributed by atoms with Crippen molar-refractivity contribution < 1.29 is 37.0 Å². The SMILES string of the molecule is CC(C)(C)OC(=O)O[C@H]1C[C@H](n2cc(F)c(=O)[nH]c2=O)O[C@@H]1COP(=O)(NCCCCN=[N+]=[N-])Oc1ccc(Cl)cc1. The predicted molar refractivity (Wildman–Crippen MR) is 148 cm³/mol. The lowest BCUT2D eigenvalue weighted by molar-refractivity contribution is -0.0666. The van der Waals surface area contributed by atoms with Crippen molar-refractivity contribution in [2.24, 2.45) is 5.11 Å². The Morgan fingerprint density at radius 2 is 2.02 bits per heavy atom. The summed E-state index contributed by atoms with van der Waals surface area (Å²) in [4.78, 5) is 40.8. The Hall–Kier alpha value is -3.39. The van der Waals surface area contributed by atoms with Crippen molar-refractivity contribution in [3.8, 4) is 5.75 Å². The molecule has 1 unspecified atom stereocenters. The van der Waals surface area contributed by atoms with Crippen LogP contribution in [0.5, 0.6) is 5.75 Å². The number of unbranched alkanes of at least 4 members (excludes halogenated alkanes) is 1. The quantitative estimate of drug-likeness (QED) is 0.0771. The van der Waals surface area contributed by atoms with Crippen molar-refractivity contribution >= 4 is 25.5 Å². The van der Waals surface area contributed by atoms with Crippen molar-refractivity contribution in [2.45, 2.75) is 64.1 Å². The van der Waals surface area contributed by atoms with Crippen LogP contribution in [0.2, 0.25) is 5.02 Å². The normalized spacial score (nSPS) is 19.9. The van der Waals surface area contributed by atoms with Crippen LogP contribution in [0, 0.1) is 5.82 Å². The Kier molecular flexibility index (Phi) is 11.6. The number of carbonyl (C=O) groups excluding carboxylic acids is 1. The fourth-order valence-corrected chi connectivity index (χ4v) is 5.20. The molecular formula is C24H31ClFN6O9P.